The molecule has 2 aromatic carbocycles. The molecule has 2 aromatic rings. The van der Waals surface area contributed by atoms with Gasteiger partial charge in [0, 0.05) is 12.1 Å². The Balaban J connectivity index is 1.54. The number of benzene rings is 2. The summed E-state index contributed by atoms with van der Waals surface area (Å²) in [7, 11) is 0. The van der Waals surface area contributed by atoms with Gasteiger partial charge in [-0.3, -0.25) is 9.59 Å². The standard InChI is InChI=1S/C22H25NO4/c24-21(23-20-11-4-1-7-17(20)15-22(25)26)13-12-16-6-5-10-19(14-16)27-18-8-2-3-9-18/h1,4-7,10-11,14,18H,2-3,8-9,12-13,15H2,(H,23,24)(H,25,26). The van der Waals surface area contributed by atoms with E-state index in [0.717, 1.165) is 24.2 Å². The molecule has 0 heterocycles. The Labute approximate surface area is 159 Å². The van der Waals surface area contributed by atoms with Crippen LogP contribution in [0.25, 0.3) is 0 Å². The van der Waals surface area contributed by atoms with Crippen molar-refractivity contribution in [1.29, 1.82) is 0 Å². The Morgan fingerprint density at radius 1 is 1.07 bits per heavy atom. The SMILES string of the molecule is O=C(O)Cc1ccccc1NC(=O)CCc1cccc(OC2CCCC2)c1. The van der Waals surface area contributed by atoms with E-state index in [1.165, 1.54) is 12.8 Å². The summed E-state index contributed by atoms with van der Waals surface area (Å²) in [5.74, 6) is -0.183. The Kier molecular flexibility index (Phi) is 6.47. The number of amides is 1. The lowest BCUT2D eigenvalue weighted by molar-refractivity contribution is -0.136. The van der Waals surface area contributed by atoms with Gasteiger partial charge in [0.05, 0.1) is 12.5 Å². The minimum atomic E-state index is -0.921. The molecule has 0 unspecified atom stereocenters. The van der Waals surface area contributed by atoms with Crippen molar-refractivity contribution in [2.75, 3.05) is 5.32 Å². The number of nitrogens with one attached hydrogen (secondary N) is 1. The quantitative estimate of drug-likeness (QED) is 0.733. The molecule has 0 atom stereocenters. The molecule has 1 aliphatic rings. The summed E-state index contributed by atoms with van der Waals surface area (Å²) in [4.78, 5) is 23.2. The maximum absolute atomic E-state index is 12.3. The number of carbonyl (C=O) groups excluding carboxylic acids is 1. The minimum Gasteiger partial charge on any atom is -0.490 e. The van der Waals surface area contributed by atoms with Gasteiger partial charge in [-0.15, -0.1) is 0 Å². The van der Waals surface area contributed by atoms with E-state index < -0.39 is 5.97 Å². The molecular formula is C22H25NO4. The molecule has 5 nitrogen and oxygen atoms in total. The van der Waals surface area contributed by atoms with Crippen LogP contribution in [0.15, 0.2) is 48.5 Å². The summed E-state index contributed by atoms with van der Waals surface area (Å²) < 4.78 is 6.01. The van der Waals surface area contributed by atoms with E-state index in [4.69, 9.17) is 9.84 Å². The van der Waals surface area contributed by atoms with E-state index in [9.17, 15) is 9.59 Å². The van der Waals surface area contributed by atoms with Crippen molar-refractivity contribution in [1.82, 2.24) is 0 Å². The van der Waals surface area contributed by atoms with Crippen LogP contribution >= 0.6 is 0 Å². The van der Waals surface area contributed by atoms with E-state index in [1.807, 2.05) is 24.3 Å². The lowest BCUT2D eigenvalue weighted by Crippen LogP contribution is -2.15. The second-order valence-corrected chi connectivity index (χ2v) is 6.95. The van der Waals surface area contributed by atoms with Crippen molar-refractivity contribution < 1.29 is 19.4 Å². The first-order valence-corrected chi connectivity index (χ1v) is 9.45. The van der Waals surface area contributed by atoms with E-state index in [0.29, 0.717) is 30.2 Å². The Bertz CT molecular complexity index is 796. The molecule has 1 amide bonds. The molecule has 3 rings (SSSR count). The van der Waals surface area contributed by atoms with Crippen LogP contribution < -0.4 is 10.1 Å². The zero-order valence-corrected chi connectivity index (χ0v) is 15.3. The minimum absolute atomic E-state index is 0.114. The highest BCUT2D eigenvalue weighted by Gasteiger charge is 2.16. The molecule has 27 heavy (non-hydrogen) atoms. The molecular weight excluding hydrogens is 342 g/mol. The Morgan fingerprint density at radius 3 is 2.63 bits per heavy atom. The van der Waals surface area contributed by atoms with Crippen LogP contribution in [-0.4, -0.2) is 23.1 Å². The van der Waals surface area contributed by atoms with Gasteiger partial charge >= 0.3 is 5.97 Å². The van der Waals surface area contributed by atoms with Crippen molar-refractivity contribution >= 4 is 17.6 Å². The molecule has 1 fully saturated rings. The predicted octanol–water partition coefficient (Wildman–Crippen LogP) is 4.21. The number of aliphatic carboxylic acids is 1. The van der Waals surface area contributed by atoms with Gasteiger partial charge < -0.3 is 15.2 Å². The number of anilines is 1. The van der Waals surface area contributed by atoms with Crippen molar-refractivity contribution in [3.05, 3.63) is 59.7 Å². The fraction of sp³-hybridized carbons (Fsp3) is 0.364. The number of rotatable bonds is 8. The number of hydrogen-bond donors (Lipinski definition) is 2. The average Bonchev–Trinajstić information content (AvgIpc) is 3.15. The van der Waals surface area contributed by atoms with Crippen LogP contribution in [0.4, 0.5) is 5.69 Å². The van der Waals surface area contributed by atoms with Gasteiger partial charge in [-0.2, -0.15) is 0 Å². The van der Waals surface area contributed by atoms with Crippen LogP contribution in [0.2, 0.25) is 0 Å². The van der Waals surface area contributed by atoms with E-state index in [1.54, 1.807) is 24.3 Å². The zero-order valence-electron chi connectivity index (χ0n) is 15.3. The lowest BCUT2D eigenvalue weighted by Gasteiger charge is -2.14. The lowest BCUT2D eigenvalue weighted by atomic mass is 10.1. The number of carboxylic acids is 1. The summed E-state index contributed by atoms with van der Waals surface area (Å²) in [5.41, 5.74) is 2.22. The normalized spacial score (nSPS) is 14.1. The maximum Gasteiger partial charge on any atom is 0.307 e. The smallest absolute Gasteiger partial charge is 0.307 e. The molecule has 0 spiro atoms. The Hall–Kier alpha value is -2.82. The van der Waals surface area contributed by atoms with Gasteiger partial charge in [-0.05, 0) is 61.4 Å². The molecule has 0 aliphatic heterocycles. The summed E-state index contributed by atoms with van der Waals surface area (Å²) in [6.45, 7) is 0. The highest BCUT2D eigenvalue weighted by molar-refractivity contribution is 5.92. The van der Waals surface area contributed by atoms with Crippen LogP contribution in [0.1, 0.15) is 43.2 Å². The zero-order chi connectivity index (χ0) is 19.1. The van der Waals surface area contributed by atoms with Crippen molar-refractivity contribution in [3.63, 3.8) is 0 Å². The fourth-order valence-corrected chi connectivity index (χ4v) is 3.40. The monoisotopic (exact) mass is 367 g/mol. The number of aryl methyl sites for hydroxylation is 1. The number of hydrogen-bond acceptors (Lipinski definition) is 3. The first-order chi connectivity index (χ1) is 13.1. The second-order valence-electron chi connectivity index (χ2n) is 6.95. The van der Waals surface area contributed by atoms with Crippen molar-refractivity contribution in [2.24, 2.45) is 0 Å². The van der Waals surface area contributed by atoms with Gasteiger partial charge in [0.15, 0.2) is 0 Å². The van der Waals surface area contributed by atoms with Crippen LogP contribution in [-0.2, 0) is 22.4 Å². The third-order valence-corrected chi connectivity index (χ3v) is 4.78. The average molecular weight is 367 g/mol. The van der Waals surface area contributed by atoms with Gasteiger partial charge in [0.2, 0.25) is 5.91 Å². The van der Waals surface area contributed by atoms with E-state index in [-0.39, 0.29) is 12.3 Å². The number of carboxylic acid groups (broad SMARTS) is 1. The third kappa shape index (κ3) is 5.84. The first-order valence-electron chi connectivity index (χ1n) is 9.45. The molecule has 2 N–H and O–H groups in total. The molecule has 142 valence electrons. The van der Waals surface area contributed by atoms with Crippen LogP contribution in [0.5, 0.6) is 5.75 Å². The molecule has 5 heteroatoms. The second kappa shape index (κ2) is 9.21. The largest absolute Gasteiger partial charge is 0.490 e. The van der Waals surface area contributed by atoms with Gasteiger partial charge in [0.1, 0.15) is 5.75 Å². The van der Waals surface area contributed by atoms with E-state index in [2.05, 4.69) is 5.32 Å². The van der Waals surface area contributed by atoms with E-state index >= 15 is 0 Å². The summed E-state index contributed by atoms with van der Waals surface area (Å²) in [6.07, 6.45) is 5.82. The Morgan fingerprint density at radius 2 is 1.85 bits per heavy atom. The van der Waals surface area contributed by atoms with Gasteiger partial charge in [0.25, 0.3) is 0 Å². The fourth-order valence-electron chi connectivity index (χ4n) is 3.40. The summed E-state index contributed by atoms with van der Waals surface area (Å²) in [5, 5.41) is 11.8. The highest BCUT2D eigenvalue weighted by Crippen LogP contribution is 2.25. The topological polar surface area (TPSA) is 75.6 Å². The van der Waals surface area contributed by atoms with Crippen molar-refractivity contribution in [3.8, 4) is 5.75 Å². The van der Waals surface area contributed by atoms with Crippen LogP contribution in [0.3, 0.4) is 0 Å². The van der Waals surface area contributed by atoms with Gasteiger partial charge in [-0.25, -0.2) is 0 Å². The van der Waals surface area contributed by atoms with Crippen LogP contribution in [0, 0.1) is 0 Å². The van der Waals surface area contributed by atoms with Gasteiger partial charge in [-0.1, -0.05) is 30.3 Å². The molecule has 1 saturated carbocycles. The van der Waals surface area contributed by atoms with Crippen molar-refractivity contribution in [2.45, 2.75) is 51.0 Å². The number of carbonyl (C=O) groups is 2. The molecule has 0 saturated heterocycles. The summed E-state index contributed by atoms with van der Waals surface area (Å²) in [6, 6.07) is 14.9. The first kappa shape index (κ1) is 19.0. The highest BCUT2D eigenvalue weighted by atomic mass is 16.5. The summed E-state index contributed by atoms with van der Waals surface area (Å²) >= 11 is 0. The molecule has 0 aromatic heterocycles. The molecule has 0 radical (unpaired) electrons. The molecule has 1 aliphatic carbocycles. The maximum atomic E-state index is 12.3. The third-order valence-electron chi connectivity index (χ3n) is 4.78. The number of para-hydroxylation sites is 1. The predicted molar refractivity (Wildman–Crippen MR) is 104 cm³/mol. The molecule has 0 bridgehead atoms. The number of ether oxygens (including phenoxy) is 1.